The van der Waals surface area contributed by atoms with Crippen LogP contribution in [0.3, 0.4) is 0 Å². The van der Waals surface area contributed by atoms with Gasteiger partial charge in [-0.2, -0.15) is 0 Å². The summed E-state index contributed by atoms with van der Waals surface area (Å²) >= 11 is 0. The van der Waals surface area contributed by atoms with E-state index in [9.17, 15) is 4.79 Å². The number of rotatable bonds is 6. The van der Waals surface area contributed by atoms with Crippen LogP contribution in [-0.4, -0.2) is 21.5 Å². The summed E-state index contributed by atoms with van der Waals surface area (Å²) in [5.74, 6) is 0. The molecule has 32 heavy (non-hydrogen) atoms. The number of benzene rings is 2. The van der Waals surface area contributed by atoms with Gasteiger partial charge in [0.05, 0.1) is 6.54 Å². The zero-order valence-electron chi connectivity index (χ0n) is 19.6. The second kappa shape index (κ2) is 10.1. The molecule has 0 bridgehead atoms. The minimum atomic E-state index is 0.00856. The van der Waals surface area contributed by atoms with Crippen LogP contribution in [0.2, 0.25) is 0 Å². The summed E-state index contributed by atoms with van der Waals surface area (Å²) in [6, 6.07) is 19.2. The van der Waals surface area contributed by atoms with Crippen molar-refractivity contribution in [1.82, 2.24) is 9.47 Å². The van der Waals surface area contributed by atoms with Crippen LogP contribution in [0, 0.1) is 20.8 Å². The van der Waals surface area contributed by atoms with Gasteiger partial charge in [-0.15, -0.1) is 0 Å². The van der Waals surface area contributed by atoms with Crippen LogP contribution in [0.5, 0.6) is 0 Å². The van der Waals surface area contributed by atoms with Gasteiger partial charge in [0.15, 0.2) is 0 Å². The number of carbonyl (C=O) groups is 1. The number of hydrogen-bond donors (Lipinski definition) is 1. The van der Waals surface area contributed by atoms with Crippen LogP contribution in [0.1, 0.15) is 60.1 Å². The number of aromatic nitrogens is 1. The Bertz CT molecular complexity index is 1060. The highest BCUT2D eigenvalue weighted by Gasteiger charge is 2.27. The Balaban J connectivity index is 1.57. The van der Waals surface area contributed by atoms with Gasteiger partial charge >= 0.3 is 6.03 Å². The maximum atomic E-state index is 13.5. The van der Waals surface area contributed by atoms with E-state index in [1.165, 1.54) is 41.6 Å². The largest absolute Gasteiger partial charge is 0.345 e. The van der Waals surface area contributed by atoms with E-state index in [1.807, 2.05) is 12.1 Å². The van der Waals surface area contributed by atoms with Crippen molar-refractivity contribution in [2.24, 2.45) is 0 Å². The molecule has 0 radical (unpaired) electrons. The summed E-state index contributed by atoms with van der Waals surface area (Å²) < 4.78 is 2.28. The SMILES string of the molecule is Cc1ccccc1Cn1cccc1CN(C(=O)Nc1cccc(C)c1C)C1CCCCC1. The van der Waals surface area contributed by atoms with E-state index in [0.29, 0.717) is 6.54 Å². The molecule has 168 valence electrons. The van der Waals surface area contributed by atoms with Crippen LogP contribution in [0.15, 0.2) is 60.8 Å². The van der Waals surface area contributed by atoms with E-state index >= 15 is 0 Å². The molecule has 4 heteroatoms. The van der Waals surface area contributed by atoms with Gasteiger partial charge in [-0.05, 0) is 74.1 Å². The Morgan fingerprint density at radius 3 is 2.47 bits per heavy atom. The minimum Gasteiger partial charge on any atom is -0.345 e. The molecular weight excluding hydrogens is 394 g/mol. The van der Waals surface area contributed by atoms with E-state index < -0.39 is 0 Å². The van der Waals surface area contributed by atoms with Crippen molar-refractivity contribution in [3.05, 3.63) is 88.7 Å². The maximum absolute atomic E-state index is 13.5. The molecule has 0 aliphatic heterocycles. The van der Waals surface area contributed by atoms with Crippen molar-refractivity contribution in [1.29, 1.82) is 0 Å². The molecule has 1 aromatic heterocycles. The Morgan fingerprint density at radius 2 is 1.69 bits per heavy atom. The van der Waals surface area contributed by atoms with Crippen LogP contribution in [0.4, 0.5) is 10.5 Å². The standard InChI is InChI=1S/C28H35N3O/c1-21-12-9-17-27(23(21)3)29-28(32)31(25-14-5-4-6-15-25)20-26-16-10-18-30(26)19-24-13-8-7-11-22(24)2/h7-13,16-18,25H,4-6,14-15,19-20H2,1-3H3,(H,29,32). The molecule has 4 nitrogen and oxygen atoms in total. The van der Waals surface area contributed by atoms with E-state index in [0.717, 1.165) is 30.6 Å². The number of urea groups is 1. The maximum Gasteiger partial charge on any atom is 0.322 e. The normalized spacial score (nSPS) is 14.3. The van der Waals surface area contributed by atoms with Crippen molar-refractivity contribution in [2.45, 2.75) is 72.0 Å². The molecule has 3 aromatic rings. The fourth-order valence-corrected chi connectivity index (χ4v) is 4.73. The summed E-state index contributed by atoms with van der Waals surface area (Å²) in [7, 11) is 0. The summed E-state index contributed by atoms with van der Waals surface area (Å²) in [5, 5.41) is 3.22. The van der Waals surface area contributed by atoms with E-state index in [-0.39, 0.29) is 12.1 Å². The number of aryl methyl sites for hydroxylation is 2. The molecule has 1 aliphatic carbocycles. The van der Waals surface area contributed by atoms with Gasteiger partial charge < -0.3 is 14.8 Å². The first-order chi connectivity index (χ1) is 15.5. The second-order valence-electron chi connectivity index (χ2n) is 9.15. The zero-order chi connectivity index (χ0) is 22.5. The molecule has 0 saturated heterocycles. The van der Waals surface area contributed by atoms with Crippen LogP contribution in [-0.2, 0) is 13.1 Å². The predicted octanol–water partition coefficient (Wildman–Crippen LogP) is 6.83. The first-order valence-electron chi connectivity index (χ1n) is 11.9. The number of nitrogens with zero attached hydrogens (tertiary/aromatic N) is 2. The molecule has 1 aliphatic rings. The molecule has 1 fully saturated rings. The van der Waals surface area contributed by atoms with Crippen molar-refractivity contribution < 1.29 is 4.79 Å². The highest BCUT2D eigenvalue weighted by atomic mass is 16.2. The van der Waals surface area contributed by atoms with Crippen molar-refractivity contribution >= 4 is 11.7 Å². The number of nitrogens with one attached hydrogen (secondary N) is 1. The Kier molecular flexibility index (Phi) is 6.99. The lowest BCUT2D eigenvalue weighted by Gasteiger charge is -2.35. The van der Waals surface area contributed by atoms with Crippen molar-refractivity contribution in [3.8, 4) is 0 Å². The number of carbonyl (C=O) groups excluding carboxylic acids is 1. The lowest BCUT2D eigenvalue weighted by Crippen LogP contribution is -2.43. The van der Waals surface area contributed by atoms with Gasteiger partial charge in [-0.3, -0.25) is 0 Å². The fraction of sp³-hybridized carbons (Fsp3) is 0.393. The number of amides is 2. The van der Waals surface area contributed by atoms with Gasteiger partial charge in [0, 0.05) is 30.2 Å². The molecule has 0 spiro atoms. The average Bonchev–Trinajstić information content (AvgIpc) is 3.24. The summed E-state index contributed by atoms with van der Waals surface area (Å²) in [6.07, 6.45) is 7.96. The third-order valence-electron chi connectivity index (χ3n) is 6.98. The van der Waals surface area contributed by atoms with Gasteiger partial charge in [0.2, 0.25) is 0 Å². The highest BCUT2D eigenvalue weighted by Crippen LogP contribution is 2.26. The molecule has 2 amide bonds. The molecule has 4 rings (SSSR count). The monoisotopic (exact) mass is 429 g/mol. The van der Waals surface area contributed by atoms with Crippen LogP contribution in [0.25, 0.3) is 0 Å². The zero-order valence-corrected chi connectivity index (χ0v) is 19.6. The molecule has 1 N–H and O–H groups in total. The van der Waals surface area contributed by atoms with Crippen LogP contribution < -0.4 is 5.32 Å². The van der Waals surface area contributed by atoms with E-state index in [1.54, 1.807) is 0 Å². The summed E-state index contributed by atoms with van der Waals surface area (Å²) in [4.78, 5) is 15.6. The smallest absolute Gasteiger partial charge is 0.322 e. The predicted molar refractivity (Wildman–Crippen MR) is 132 cm³/mol. The van der Waals surface area contributed by atoms with Crippen molar-refractivity contribution in [2.75, 3.05) is 5.32 Å². The molecule has 1 saturated carbocycles. The summed E-state index contributed by atoms with van der Waals surface area (Å²) in [6.45, 7) is 7.77. The Morgan fingerprint density at radius 1 is 0.938 bits per heavy atom. The first kappa shape index (κ1) is 22.2. The second-order valence-corrected chi connectivity index (χ2v) is 9.15. The quantitative estimate of drug-likeness (QED) is 0.458. The molecule has 0 unspecified atom stereocenters. The molecule has 2 aromatic carbocycles. The topological polar surface area (TPSA) is 37.3 Å². The number of anilines is 1. The van der Waals surface area contributed by atoms with Gasteiger partial charge in [-0.1, -0.05) is 55.7 Å². The lowest BCUT2D eigenvalue weighted by molar-refractivity contribution is 0.161. The van der Waals surface area contributed by atoms with E-state index in [4.69, 9.17) is 0 Å². The summed E-state index contributed by atoms with van der Waals surface area (Å²) in [5.41, 5.74) is 7.02. The van der Waals surface area contributed by atoms with Crippen molar-refractivity contribution in [3.63, 3.8) is 0 Å². The van der Waals surface area contributed by atoms with Crippen LogP contribution >= 0.6 is 0 Å². The molecule has 0 atom stereocenters. The molecule has 1 heterocycles. The van der Waals surface area contributed by atoms with Gasteiger partial charge in [0.25, 0.3) is 0 Å². The number of hydrogen-bond acceptors (Lipinski definition) is 1. The van der Waals surface area contributed by atoms with E-state index in [2.05, 4.69) is 84.2 Å². The minimum absolute atomic E-state index is 0.00856. The van der Waals surface area contributed by atoms with Gasteiger partial charge in [0.1, 0.15) is 0 Å². The molecular formula is C28H35N3O. The fourth-order valence-electron chi connectivity index (χ4n) is 4.73. The third-order valence-corrected chi connectivity index (χ3v) is 6.98. The third kappa shape index (κ3) is 5.07. The Labute approximate surface area is 192 Å². The Hall–Kier alpha value is -3.01. The van der Waals surface area contributed by atoms with Gasteiger partial charge in [-0.25, -0.2) is 4.79 Å². The highest BCUT2D eigenvalue weighted by molar-refractivity contribution is 5.90. The lowest BCUT2D eigenvalue weighted by atomic mass is 9.94. The average molecular weight is 430 g/mol. The first-order valence-corrected chi connectivity index (χ1v) is 11.9.